The number of methoxy groups -OCH3 is 1. The Morgan fingerprint density at radius 1 is 1.08 bits per heavy atom. The third kappa shape index (κ3) is 4.26. The maximum Gasteiger partial charge on any atom is 0.409 e. The highest BCUT2D eigenvalue weighted by Gasteiger charge is 2.27. The first kappa shape index (κ1) is 19.2. The lowest BCUT2D eigenvalue weighted by molar-refractivity contribution is -0.384. The van der Waals surface area contributed by atoms with Crippen LogP contribution in [-0.4, -0.2) is 72.6 Å². The number of amides is 2. The van der Waals surface area contributed by atoms with E-state index in [1.165, 1.54) is 15.9 Å². The lowest BCUT2D eigenvalue weighted by atomic mass is 10.1. The van der Waals surface area contributed by atoms with Crippen molar-refractivity contribution in [1.82, 2.24) is 9.80 Å². The van der Waals surface area contributed by atoms with Gasteiger partial charge in [-0.15, -0.1) is 0 Å². The van der Waals surface area contributed by atoms with Gasteiger partial charge in [-0.2, -0.15) is 0 Å². The second-order valence-electron chi connectivity index (χ2n) is 5.50. The summed E-state index contributed by atoms with van der Waals surface area (Å²) in [7, 11) is 1.15. The minimum atomic E-state index is -0.769. The molecule has 10 heteroatoms. The van der Waals surface area contributed by atoms with E-state index < -0.39 is 22.9 Å². The first-order chi connectivity index (χ1) is 12.4. The zero-order valence-electron chi connectivity index (χ0n) is 14.5. The van der Waals surface area contributed by atoms with Gasteiger partial charge < -0.3 is 19.3 Å². The Kier molecular flexibility index (Phi) is 6.10. The number of esters is 1. The molecule has 1 heterocycles. The molecule has 2 rings (SSSR count). The number of piperazine rings is 1. The van der Waals surface area contributed by atoms with Crippen LogP contribution < -0.4 is 0 Å². The van der Waals surface area contributed by atoms with Crippen LogP contribution in [0.2, 0.25) is 0 Å². The molecule has 0 radical (unpaired) electrons. The number of rotatable bonds is 4. The first-order valence-corrected chi connectivity index (χ1v) is 7.96. The SMILES string of the molecule is CCOC(=O)N1CCN(C(=O)c2cc(C(=O)OC)cc([N+](=O)[O-])c2)CC1. The highest BCUT2D eigenvalue weighted by atomic mass is 16.6. The molecule has 1 aliphatic rings. The van der Waals surface area contributed by atoms with Crippen LogP contribution in [0.1, 0.15) is 27.6 Å². The fourth-order valence-electron chi connectivity index (χ4n) is 2.57. The fraction of sp³-hybridized carbons (Fsp3) is 0.438. The maximum atomic E-state index is 12.7. The van der Waals surface area contributed by atoms with E-state index in [1.807, 2.05) is 0 Å². The van der Waals surface area contributed by atoms with E-state index in [1.54, 1.807) is 6.92 Å². The maximum absolute atomic E-state index is 12.7. The summed E-state index contributed by atoms with van der Waals surface area (Å²) in [5.74, 6) is -1.22. The zero-order chi connectivity index (χ0) is 19.3. The van der Waals surface area contributed by atoms with Crippen molar-refractivity contribution in [3.05, 3.63) is 39.4 Å². The molecule has 1 aliphatic heterocycles. The van der Waals surface area contributed by atoms with E-state index in [0.29, 0.717) is 13.1 Å². The number of carbonyl (C=O) groups excluding carboxylic acids is 3. The summed E-state index contributed by atoms with van der Waals surface area (Å²) in [6, 6.07) is 3.44. The second kappa shape index (κ2) is 8.28. The average Bonchev–Trinajstić information content (AvgIpc) is 2.66. The lowest BCUT2D eigenvalue weighted by Crippen LogP contribution is -2.50. The van der Waals surface area contributed by atoms with Crippen LogP contribution in [0.3, 0.4) is 0 Å². The van der Waals surface area contributed by atoms with E-state index in [9.17, 15) is 24.5 Å². The van der Waals surface area contributed by atoms with Crippen LogP contribution in [0.4, 0.5) is 10.5 Å². The summed E-state index contributed by atoms with van der Waals surface area (Å²) in [4.78, 5) is 49.4. The van der Waals surface area contributed by atoms with Crippen LogP contribution in [0.5, 0.6) is 0 Å². The van der Waals surface area contributed by atoms with Crippen LogP contribution in [0.15, 0.2) is 18.2 Å². The molecule has 1 fully saturated rings. The molecule has 0 unspecified atom stereocenters. The summed E-state index contributed by atoms with van der Waals surface area (Å²) < 4.78 is 9.49. The molecule has 1 aromatic rings. The van der Waals surface area contributed by atoms with E-state index in [4.69, 9.17) is 4.74 Å². The molecule has 0 bridgehead atoms. The molecule has 0 atom stereocenters. The van der Waals surface area contributed by atoms with Gasteiger partial charge in [0, 0.05) is 43.9 Å². The molecule has 0 saturated carbocycles. The van der Waals surface area contributed by atoms with E-state index >= 15 is 0 Å². The van der Waals surface area contributed by atoms with E-state index in [0.717, 1.165) is 19.2 Å². The molecule has 140 valence electrons. The van der Waals surface area contributed by atoms with Crippen LogP contribution in [0.25, 0.3) is 0 Å². The van der Waals surface area contributed by atoms with Gasteiger partial charge in [0.15, 0.2) is 0 Å². The number of nitrogens with zero attached hydrogens (tertiary/aromatic N) is 3. The minimum Gasteiger partial charge on any atom is -0.465 e. The first-order valence-electron chi connectivity index (χ1n) is 7.96. The number of nitro groups is 1. The lowest BCUT2D eigenvalue weighted by Gasteiger charge is -2.34. The average molecular weight is 365 g/mol. The van der Waals surface area contributed by atoms with Gasteiger partial charge in [0.25, 0.3) is 11.6 Å². The van der Waals surface area contributed by atoms with Crippen molar-refractivity contribution in [3.63, 3.8) is 0 Å². The highest BCUT2D eigenvalue weighted by molar-refractivity contribution is 5.99. The highest BCUT2D eigenvalue weighted by Crippen LogP contribution is 2.20. The summed E-state index contributed by atoms with van der Waals surface area (Å²) in [5.41, 5.74) is -0.430. The predicted octanol–water partition coefficient (Wildman–Crippen LogP) is 1.30. The van der Waals surface area contributed by atoms with Gasteiger partial charge in [0.05, 0.1) is 24.2 Å². The number of hydrogen-bond donors (Lipinski definition) is 0. The van der Waals surface area contributed by atoms with Crippen molar-refractivity contribution in [2.24, 2.45) is 0 Å². The molecule has 26 heavy (non-hydrogen) atoms. The molecule has 1 saturated heterocycles. The van der Waals surface area contributed by atoms with Gasteiger partial charge in [0.2, 0.25) is 0 Å². The van der Waals surface area contributed by atoms with Crippen molar-refractivity contribution in [3.8, 4) is 0 Å². The second-order valence-corrected chi connectivity index (χ2v) is 5.50. The fourth-order valence-corrected chi connectivity index (χ4v) is 2.57. The van der Waals surface area contributed by atoms with Crippen LogP contribution >= 0.6 is 0 Å². The Labute approximate surface area is 149 Å². The molecule has 10 nitrogen and oxygen atoms in total. The standard InChI is InChI=1S/C16H19N3O7/c1-3-26-16(22)18-6-4-17(5-7-18)14(20)11-8-12(15(21)25-2)10-13(9-11)19(23)24/h8-10H,3-7H2,1-2H3. The van der Waals surface area contributed by atoms with Gasteiger partial charge in [-0.3, -0.25) is 14.9 Å². The Morgan fingerprint density at radius 3 is 2.19 bits per heavy atom. The van der Waals surface area contributed by atoms with Gasteiger partial charge in [0.1, 0.15) is 0 Å². The number of hydrogen-bond acceptors (Lipinski definition) is 7. The number of non-ortho nitro benzene ring substituents is 1. The Hall–Kier alpha value is -3.17. The topological polar surface area (TPSA) is 119 Å². The van der Waals surface area contributed by atoms with Gasteiger partial charge in [-0.05, 0) is 13.0 Å². The van der Waals surface area contributed by atoms with Crippen molar-refractivity contribution >= 4 is 23.7 Å². The summed E-state index contributed by atoms with van der Waals surface area (Å²) in [5, 5.41) is 11.1. The molecular weight excluding hydrogens is 346 g/mol. The molecule has 0 spiro atoms. The number of nitro benzene ring substituents is 1. The summed E-state index contributed by atoms with van der Waals surface area (Å²) >= 11 is 0. The van der Waals surface area contributed by atoms with Crippen LogP contribution in [0, 0.1) is 10.1 Å². The Balaban J connectivity index is 2.17. The number of benzene rings is 1. The van der Waals surface area contributed by atoms with Gasteiger partial charge in [-0.1, -0.05) is 0 Å². The largest absolute Gasteiger partial charge is 0.465 e. The van der Waals surface area contributed by atoms with Crippen molar-refractivity contribution in [2.75, 3.05) is 39.9 Å². The zero-order valence-corrected chi connectivity index (χ0v) is 14.5. The smallest absolute Gasteiger partial charge is 0.409 e. The molecular formula is C16H19N3O7. The summed E-state index contributed by atoms with van der Waals surface area (Å²) in [6.07, 6.45) is -0.442. The summed E-state index contributed by atoms with van der Waals surface area (Å²) in [6.45, 7) is 3.08. The van der Waals surface area contributed by atoms with E-state index in [2.05, 4.69) is 4.74 Å². The molecule has 0 N–H and O–H groups in total. The minimum absolute atomic E-state index is 0.0178. The van der Waals surface area contributed by atoms with Crippen molar-refractivity contribution in [1.29, 1.82) is 0 Å². The molecule has 0 aliphatic carbocycles. The molecule has 2 amide bonds. The number of ether oxygens (including phenoxy) is 2. The Bertz CT molecular complexity index is 727. The number of carbonyl (C=O) groups is 3. The third-order valence-corrected chi connectivity index (χ3v) is 3.89. The normalized spacial score (nSPS) is 13.9. The monoisotopic (exact) mass is 365 g/mol. The Morgan fingerprint density at radius 2 is 1.65 bits per heavy atom. The van der Waals surface area contributed by atoms with Gasteiger partial charge >= 0.3 is 12.1 Å². The predicted molar refractivity (Wildman–Crippen MR) is 88.9 cm³/mol. The van der Waals surface area contributed by atoms with Crippen molar-refractivity contribution < 1.29 is 28.8 Å². The van der Waals surface area contributed by atoms with Crippen molar-refractivity contribution in [2.45, 2.75) is 6.92 Å². The third-order valence-electron chi connectivity index (χ3n) is 3.89. The van der Waals surface area contributed by atoms with Crippen LogP contribution in [-0.2, 0) is 9.47 Å². The molecule has 1 aromatic carbocycles. The molecule has 0 aromatic heterocycles. The quantitative estimate of drug-likeness (QED) is 0.448. The van der Waals surface area contributed by atoms with Gasteiger partial charge in [-0.25, -0.2) is 9.59 Å². The van der Waals surface area contributed by atoms with E-state index in [-0.39, 0.29) is 36.5 Å².